The van der Waals surface area contributed by atoms with E-state index in [1.54, 1.807) is 25.1 Å². The number of anilines is 2. The molecule has 3 aromatic carbocycles. The molecule has 3 unspecified atom stereocenters. The lowest BCUT2D eigenvalue weighted by Gasteiger charge is -2.38. The highest BCUT2D eigenvalue weighted by molar-refractivity contribution is 9.10. The average Bonchev–Trinajstić information content (AvgIpc) is 3.85. The van der Waals surface area contributed by atoms with Gasteiger partial charge >= 0.3 is 5.97 Å². The quantitative estimate of drug-likeness (QED) is 0.163. The number of aromatic carboxylic acids is 1. The Kier molecular flexibility index (Phi) is 8.11. The Balaban J connectivity index is 1.21. The van der Waals surface area contributed by atoms with Gasteiger partial charge in [-0.1, -0.05) is 42.5 Å². The topological polar surface area (TPSA) is 100 Å². The molecule has 11 heteroatoms. The van der Waals surface area contributed by atoms with Gasteiger partial charge in [-0.15, -0.1) is 11.3 Å². The van der Waals surface area contributed by atoms with E-state index < -0.39 is 17.3 Å². The Hall–Kier alpha value is -3.77. The molecule has 2 bridgehead atoms. The van der Waals surface area contributed by atoms with Crippen LogP contribution in [0.5, 0.6) is 0 Å². The van der Waals surface area contributed by atoms with Crippen LogP contribution in [0, 0.1) is 6.92 Å². The van der Waals surface area contributed by atoms with E-state index in [1.165, 1.54) is 11.3 Å². The number of benzene rings is 3. The van der Waals surface area contributed by atoms with Gasteiger partial charge in [0.2, 0.25) is 5.76 Å². The predicted octanol–water partition coefficient (Wildman–Crippen LogP) is 7.14. The summed E-state index contributed by atoms with van der Waals surface area (Å²) in [5, 5.41) is 12.1. The largest absolute Gasteiger partial charge is 0.588 e. The third-order valence-electron chi connectivity index (χ3n) is 8.72. The second-order valence-electron chi connectivity index (χ2n) is 11.3. The highest BCUT2D eigenvalue weighted by Gasteiger charge is 2.47. The lowest BCUT2D eigenvalue weighted by molar-refractivity contribution is 0.0662. The van der Waals surface area contributed by atoms with Crippen LogP contribution in [0.2, 0.25) is 0 Å². The van der Waals surface area contributed by atoms with Gasteiger partial charge in [0.05, 0.1) is 18.3 Å². The molecule has 2 aliphatic heterocycles. The standard InChI is InChI=1S/C34H30BrN3O5S2/c1-21-26-18-25(11-12-30(26)43-31(21)34(40)41)45(42)38(15-13-22-7-3-2-4-8-22)29-10-6-5-9-28(29)36-19-24-17-23(36)20-37(24)33(39)32-27(35)14-16-44-32/h2-12,14,16,18,23-24H,13,15,17,19-20H2,1H3,(H,40,41). The molecule has 0 saturated carbocycles. The molecule has 2 saturated heterocycles. The number of furan rings is 1. The molecular formula is C34H30BrN3O5S2. The molecule has 8 nitrogen and oxygen atoms in total. The number of halogens is 1. The van der Waals surface area contributed by atoms with Crippen LogP contribution in [0.4, 0.5) is 11.4 Å². The molecule has 2 fully saturated rings. The number of likely N-dealkylation sites (tertiary alicyclic amines) is 1. The molecule has 0 spiro atoms. The number of carboxylic acid groups (broad SMARTS) is 1. The first-order valence-electron chi connectivity index (χ1n) is 14.7. The lowest BCUT2D eigenvalue weighted by Crippen LogP contribution is -2.49. The number of hydrogen-bond donors (Lipinski definition) is 1. The van der Waals surface area contributed by atoms with Gasteiger partial charge in [0, 0.05) is 40.6 Å². The van der Waals surface area contributed by atoms with Gasteiger partial charge in [-0.25, -0.2) is 4.79 Å². The molecule has 1 amide bonds. The number of carbonyl (C=O) groups is 2. The van der Waals surface area contributed by atoms with Crippen LogP contribution in [0.3, 0.4) is 0 Å². The second kappa shape index (κ2) is 12.2. The Labute approximate surface area is 276 Å². The lowest BCUT2D eigenvalue weighted by atomic mass is 10.1. The molecular weight excluding hydrogens is 674 g/mol. The number of rotatable bonds is 9. The second-order valence-corrected chi connectivity index (χ2v) is 14.5. The van der Waals surface area contributed by atoms with E-state index in [2.05, 4.69) is 39.0 Å². The van der Waals surface area contributed by atoms with Gasteiger partial charge in [-0.05, 0) is 77.0 Å². The molecule has 230 valence electrons. The van der Waals surface area contributed by atoms with Crippen molar-refractivity contribution in [3.8, 4) is 0 Å². The summed E-state index contributed by atoms with van der Waals surface area (Å²) < 4.78 is 22.9. The van der Waals surface area contributed by atoms with Gasteiger partial charge in [-0.2, -0.15) is 4.31 Å². The van der Waals surface area contributed by atoms with Crippen LogP contribution >= 0.6 is 27.3 Å². The van der Waals surface area contributed by atoms with E-state index in [0.717, 1.165) is 32.7 Å². The number of piperazine rings is 1. The summed E-state index contributed by atoms with van der Waals surface area (Å²) >= 11 is 3.36. The van der Waals surface area contributed by atoms with Crippen molar-refractivity contribution in [1.82, 2.24) is 4.90 Å². The molecule has 4 heterocycles. The monoisotopic (exact) mass is 703 g/mol. The number of para-hydroxylation sites is 2. The fourth-order valence-corrected chi connectivity index (χ4v) is 9.26. The first kappa shape index (κ1) is 29.9. The molecule has 5 aromatic rings. The molecule has 1 N–H and O–H groups in total. The molecule has 2 aliphatic rings. The number of nitrogens with zero attached hydrogens (tertiary/aromatic N) is 3. The van der Waals surface area contributed by atoms with E-state index in [9.17, 15) is 19.2 Å². The summed E-state index contributed by atoms with van der Waals surface area (Å²) in [6.45, 7) is 3.54. The fourth-order valence-electron chi connectivity index (χ4n) is 6.51. The third kappa shape index (κ3) is 5.52. The SMILES string of the molecule is Cc1c(C(=O)O)oc2ccc([S+]([O-])N(CCc3ccccc3)c3ccccc3N3CC4CC3CN4C(=O)c3sccc3Br)cc12. The van der Waals surface area contributed by atoms with E-state index in [4.69, 9.17) is 4.42 Å². The molecule has 0 aliphatic carbocycles. The van der Waals surface area contributed by atoms with Crippen LogP contribution in [0.1, 0.15) is 37.8 Å². The van der Waals surface area contributed by atoms with Gasteiger partial charge < -0.3 is 23.9 Å². The summed E-state index contributed by atoms with van der Waals surface area (Å²) in [6.07, 6.45) is 1.57. The van der Waals surface area contributed by atoms with E-state index in [0.29, 0.717) is 47.5 Å². The number of carboxylic acids is 1. The van der Waals surface area contributed by atoms with Crippen molar-refractivity contribution in [3.05, 3.63) is 110 Å². The zero-order valence-electron chi connectivity index (χ0n) is 24.4. The zero-order valence-corrected chi connectivity index (χ0v) is 27.6. The van der Waals surface area contributed by atoms with Crippen LogP contribution in [0.25, 0.3) is 11.0 Å². The third-order valence-corrected chi connectivity index (χ3v) is 12.0. The highest BCUT2D eigenvalue weighted by atomic mass is 79.9. The number of fused-ring (bicyclic) bond motifs is 3. The first-order chi connectivity index (χ1) is 21.8. The predicted molar refractivity (Wildman–Crippen MR) is 181 cm³/mol. The van der Waals surface area contributed by atoms with E-state index in [1.807, 2.05) is 57.0 Å². The number of hydrogen-bond acceptors (Lipinski definition) is 7. The minimum atomic E-state index is -1.61. The van der Waals surface area contributed by atoms with Crippen molar-refractivity contribution in [2.45, 2.75) is 36.7 Å². The Morgan fingerprint density at radius 1 is 1.07 bits per heavy atom. The molecule has 45 heavy (non-hydrogen) atoms. The summed E-state index contributed by atoms with van der Waals surface area (Å²) in [5.74, 6) is -1.17. The minimum absolute atomic E-state index is 0.0684. The number of thiophene rings is 1. The van der Waals surface area contributed by atoms with Gasteiger partial charge in [0.25, 0.3) is 5.91 Å². The normalized spacial score (nSPS) is 18.1. The number of carbonyl (C=O) groups excluding carboxylic acids is 1. The van der Waals surface area contributed by atoms with Crippen molar-refractivity contribution in [1.29, 1.82) is 0 Å². The maximum absolute atomic E-state index is 14.5. The van der Waals surface area contributed by atoms with Gasteiger partial charge in [-0.3, -0.25) is 4.79 Å². The van der Waals surface area contributed by atoms with Crippen molar-refractivity contribution in [3.63, 3.8) is 0 Å². The molecule has 0 radical (unpaired) electrons. The number of aryl methyl sites for hydroxylation is 1. The molecule has 3 atom stereocenters. The van der Waals surface area contributed by atoms with Crippen molar-refractivity contribution in [2.24, 2.45) is 0 Å². The Morgan fingerprint density at radius 2 is 1.84 bits per heavy atom. The van der Waals surface area contributed by atoms with E-state index >= 15 is 0 Å². The summed E-state index contributed by atoms with van der Waals surface area (Å²) in [4.78, 5) is 30.7. The van der Waals surface area contributed by atoms with Crippen molar-refractivity contribution < 1.29 is 23.7 Å². The first-order valence-corrected chi connectivity index (χ1v) is 17.5. The summed E-state index contributed by atoms with van der Waals surface area (Å²) in [6, 6.07) is 25.6. The van der Waals surface area contributed by atoms with Gasteiger partial charge in [0.1, 0.15) is 27.5 Å². The number of amides is 1. The smallest absolute Gasteiger partial charge is 0.372 e. The highest BCUT2D eigenvalue weighted by Crippen LogP contribution is 2.42. The van der Waals surface area contributed by atoms with E-state index in [-0.39, 0.29) is 23.8 Å². The molecule has 2 aromatic heterocycles. The van der Waals surface area contributed by atoms with Crippen LogP contribution in [-0.4, -0.2) is 58.2 Å². The Bertz CT molecular complexity index is 1890. The maximum Gasteiger partial charge on any atom is 0.372 e. The van der Waals surface area contributed by atoms with Crippen molar-refractivity contribution >= 4 is 72.8 Å². The summed E-state index contributed by atoms with van der Waals surface area (Å²) in [5.41, 5.74) is 3.94. The summed E-state index contributed by atoms with van der Waals surface area (Å²) in [7, 11) is 0. The zero-order chi connectivity index (χ0) is 31.2. The van der Waals surface area contributed by atoms with Crippen molar-refractivity contribution in [2.75, 3.05) is 28.8 Å². The van der Waals surface area contributed by atoms with Gasteiger partial charge in [0.15, 0.2) is 4.90 Å². The van der Waals surface area contributed by atoms with Crippen LogP contribution in [0.15, 0.2) is 98.0 Å². The van der Waals surface area contributed by atoms with Crippen LogP contribution < -0.4 is 9.21 Å². The van der Waals surface area contributed by atoms with Crippen LogP contribution in [-0.2, 0) is 17.8 Å². The molecule has 7 rings (SSSR count). The fraction of sp³-hybridized carbons (Fsp3) is 0.235. The average molecular weight is 705 g/mol. The Morgan fingerprint density at radius 3 is 2.56 bits per heavy atom. The maximum atomic E-state index is 14.5. The minimum Gasteiger partial charge on any atom is -0.588 e.